The fourth-order valence-corrected chi connectivity index (χ4v) is 3.15. The molecular weight excluding hydrogens is 406 g/mol. The highest BCUT2D eigenvalue weighted by Crippen LogP contribution is 2.27. The summed E-state index contributed by atoms with van der Waals surface area (Å²) in [6.45, 7) is 1.70. The second kappa shape index (κ2) is 10.1. The summed E-state index contributed by atoms with van der Waals surface area (Å²) in [4.78, 5) is 51.8. The normalized spacial score (nSPS) is 16.3. The number of nitrogens with zero attached hydrogens (tertiary/aromatic N) is 2. The van der Waals surface area contributed by atoms with Crippen LogP contribution in [0.15, 0.2) is 18.2 Å². The number of ether oxygens (including phenoxy) is 2. The highest BCUT2D eigenvalue weighted by molar-refractivity contribution is 6.35. The summed E-state index contributed by atoms with van der Waals surface area (Å²) < 4.78 is 10.3. The maximum Gasteiger partial charge on any atom is 0.311 e. The summed E-state index contributed by atoms with van der Waals surface area (Å²) in [6.07, 6.45) is 1.84. The molecular formula is C20H27N5O6. The molecule has 2 fully saturated rings. The maximum absolute atomic E-state index is 12.3. The maximum atomic E-state index is 12.3. The van der Waals surface area contributed by atoms with Crippen LogP contribution >= 0.6 is 0 Å². The third-order valence-corrected chi connectivity index (χ3v) is 5.09. The number of nitrogens with one attached hydrogen (secondary N) is 3. The highest BCUT2D eigenvalue weighted by atomic mass is 16.5. The molecule has 1 saturated carbocycles. The van der Waals surface area contributed by atoms with Crippen molar-refractivity contribution >= 4 is 23.6 Å². The molecule has 31 heavy (non-hydrogen) atoms. The molecule has 1 saturated heterocycles. The molecule has 0 aromatic heterocycles. The Morgan fingerprint density at radius 3 is 2.26 bits per heavy atom. The van der Waals surface area contributed by atoms with E-state index in [0.29, 0.717) is 43.2 Å². The molecule has 0 unspecified atom stereocenters. The molecule has 1 heterocycles. The summed E-state index contributed by atoms with van der Waals surface area (Å²) in [7, 11) is 2.96. The molecule has 1 aromatic carbocycles. The van der Waals surface area contributed by atoms with Crippen molar-refractivity contribution < 1.29 is 28.7 Å². The molecule has 0 spiro atoms. The highest BCUT2D eigenvalue weighted by Gasteiger charge is 2.31. The van der Waals surface area contributed by atoms with Gasteiger partial charge in [-0.15, -0.1) is 0 Å². The smallest absolute Gasteiger partial charge is 0.311 e. The lowest BCUT2D eigenvalue weighted by Crippen LogP contribution is -2.55. The number of carbonyl (C=O) groups is 4. The first kappa shape index (κ1) is 22.3. The molecule has 1 aliphatic carbocycles. The summed E-state index contributed by atoms with van der Waals surface area (Å²) >= 11 is 0. The van der Waals surface area contributed by atoms with E-state index < -0.39 is 17.7 Å². The van der Waals surface area contributed by atoms with Gasteiger partial charge >= 0.3 is 11.8 Å². The van der Waals surface area contributed by atoms with Gasteiger partial charge in [-0.2, -0.15) is 0 Å². The number of methoxy groups -OCH3 is 2. The number of carbonyl (C=O) groups excluding carboxylic acids is 4. The van der Waals surface area contributed by atoms with E-state index in [2.05, 4.69) is 16.2 Å². The zero-order valence-corrected chi connectivity index (χ0v) is 17.6. The standard InChI is InChI=1S/C20H27N5O6/c1-30-15-6-3-13(11-16(15)31-2)18(27)23-22-17(26)12-24-7-9-25(10-8-24)20(29)19(28)21-14-4-5-14/h3,6,11,14H,4-5,7-10,12H2,1-2H3,(H,21,28)(H,22,26)(H,23,27). The van der Waals surface area contributed by atoms with Crippen LogP contribution in [-0.2, 0) is 14.4 Å². The first-order valence-corrected chi connectivity index (χ1v) is 10.0. The minimum atomic E-state index is -0.563. The van der Waals surface area contributed by atoms with E-state index in [1.807, 2.05) is 4.90 Å². The van der Waals surface area contributed by atoms with E-state index in [1.165, 1.54) is 25.2 Å². The van der Waals surface area contributed by atoms with Gasteiger partial charge < -0.3 is 19.7 Å². The van der Waals surface area contributed by atoms with Crippen LogP contribution in [0.1, 0.15) is 23.2 Å². The first-order valence-electron chi connectivity index (χ1n) is 10.0. The second-order valence-corrected chi connectivity index (χ2v) is 7.39. The van der Waals surface area contributed by atoms with Crippen LogP contribution in [0, 0.1) is 0 Å². The van der Waals surface area contributed by atoms with Gasteiger partial charge in [0, 0.05) is 37.8 Å². The molecule has 168 valence electrons. The fraction of sp³-hybridized carbons (Fsp3) is 0.500. The van der Waals surface area contributed by atoms with Gasteiger partial charge in [0.2, 0.25) is 0 Å². The Hall–Kier alpha value is -3.34. The van der Waals surface area contributed by atoms with Crippen LogP contribution < -0.4 is 25.6 Å². The van der Waals surface area contributed by atoms with Crippen LogP contribution in [0.25, 0.3) is 0 Å². The number of hydrazine groups is 1. The van der Waals surface area contributed by atoms with Crippen molar-refractivity contribution in [2.75, 3.05) is 46.9 Å². The average Bonchev–Trinajstić information content (AvgIpc) is 3.60. The lowest BCUT2D eigenvalue weighted by molar-refractivity contribution is -0.147. The van der Waals surface area contributed by atoms with E-state index in [-0.39, 0.29) is 18.5 Å². The van der Waals surface area contributed by atoms with E-state index in [0.717, 1.165) is 12.8 Å². The number of amides is 4. The number of hydrogen-bond acceptors (Lipinski definition) is 7. The predicted octanol–water partition coefficient (Wildman–Crippen LogP) is -1.11. The molecule has 0 bridgehead atoms. The SMILES string of the molecule is COc1ccc(C(=O)NNC(=O)CN2CCN(C(=O)C(=O)NC3CC3)CC2)cc1OC. The topological polar surface area (TPSA) is 129 Å². The summed E-state index contributed by atoms with van der Waals surface area (Å²) in [6, 6.07) is 4.80. The lowest BCUT2D eigenvalue weighted by atomic mass is 10.2. The number of rotatable bonds is 6. The number of hydrogen-bond donors (Lipinski definition) is 3. The van der Waals surface area contributed by atoms with E-state index in [4.69, 9.17) is 9.47 Å². The van der Waals surface area contributed by atoms with Gasteiger partial charge in [0.05, 0.1) is 20.8 Å². The van der Waals surface area contributed by atoms with Crippen LogP contribution in [-0.4, -0.2) is 86.4 Å². The molecule has 0 radical (unpaired) electrons. The van der Waals surface area contributed by atoms with Gasteiger partial charge in [0.25, 0.3) is 11.8 Å². The Bertz CT molecular complexity index is 848. The molecule has 11 heteroatoms. The Balaban J connectivity index is 1.39. The van der Waals surface area contributed by atoms with Crippen molar-refractivity contribution in [3.8, 4) is 11.5 Å². The Labute approximate surface area is 180 Å². The Morgan fingerprint density at radius 1 is 0.968 bits per heavy atom. The van der Waals surface area contributed by atoms with Crippen LogP contribution in [0.3, 0.4) is 0 Å². The monoisotopic (exact) mass is 433 g/mol. The zero-order chi connectivity index (χ0) is 22.4. The van der Waals surface area contributed by atoms with Gasteiger partial charge in [0.15, 0.2) is 11.5 Å². The average molecular weight is 433 g/mol. The van der Waals surface area contributed by atoms with Crippen LogP contribution in [0.4, 0.5) is 0 Å². The summed E-state index contributed by atoms with van der Waals surface area (Å²) in [5, 5.41) is 2.69. The van der Waals surface area contributed by atoms with Gasteiger partial charge in [0.1, 0.15) is 0 Å². The van der Waals surface area contributed by atoms with E-state index in [9.17, 15) is 19.2 Å². The van der Waals surface area contributed by atoms with Gasteiger partial charge in [-0.05, 0) is 31.0 Å². The van der Waals surface area contributed by atoms with Crippen LogP contribution in [0.2, 0.25) is 0 Å². The van der Waals surface area contributed by atoms with Crippen molar-refractivity contribution in [3.63, 3.8) is 0 Å². The van der Waals surface area contributed by atoms with Crippen molar-refractivity contribution in [1.82, 2.24) is 26.0 Å². The van der Waals surface area contributed by atoms with Crippen molar-refractivity contribution in [2.24, 2.45) is 0 Å². The number of benzene rings is 1. The Morgan fingerprint density at radius 2 is 1.65 bits per heavy atom. The van der Waals surface area contributed by atoms with Crippen molar-refractivity contribution in [3.05, 3.63) is 23.8 Å². The molecule has 4 amide bonds. The largest absolute Gasteiger partial charge is 0.493 e. The molecule has 2 aliphatic rings. The predicted molar refractivity (Wildman–Crippen MR) is 109 cm³/mol. The minimum absolute atomic E-state index is 0.0581. The quantitative estimate of drug-likeness (QED) is 0.383. The van der Waals surface area contributed by atoms with Gasteiger partial charge in [-0.1, -0.05) is 0 Å². The third kappa shape index (κ3) is 6.07. The van der Waals surface area contributed by atoms with Gasteiger partial charge in [-0.25, -0.2) is 0 Å². The third-order valence-electron chi connectivity index (χ3n) is 5.09. The zero-order valence-electron chi connectivity index (χ0n) is 17.6. The molecule has 11 nitrogen and oxygen atoms in total. The van der Waals surface area contributed by atoms with Crippen LogP contribution in [0.5, 0.6) is 11.5 Å². The summed E-state index contributed by atoms with van der Waals surface area (Å²) in [5.74, 6) is -1.08. The fourth-order valence-electron chi connectivity index (χ4n) is 3.15. The molecule has 3 N–H and O–H groups in total. The molecule has 1 aliphatic heterocycles. The Kier molecular flexibility index (Phi) is 7.29. The molecule has 3 rings (SSSR count). The van der Waals surface area contributed by atoms with E-state index in [1.54, 1.807) is 12.1 Å². The first-order chi connectivity index (χ1) is 14.9. The van der Waals surface area contributed by atoms with Crippen molar-refractivity contribution in [1.29, 1.82) is 0 Å². The summed E-state index contributed by atoms with van der Waals surface area (Å²) in [5.41, 5.74) is 5.04. The van der Waals surface area contributed by atoms with E-state index >= 15 is 0 Å². The molecule has 0 atom stereocenters. The lowest BCUT2D eigenvalue weighted by Gasteiger charge is -2.33. The van der Waals surface area contributed by atoms with Crippen molar-refractivity contribution in [2.45, 2.75) is 18.9 Å². The number of piperazine rings is 1. The molecule has 1 aromatic rings. The second-order valence-electron chi connectivity index (χ2n) is 7.39. The van der Waals surface area contributed by atoms with Gasteiger partial charge in [-0.3, -0.25) is 34.9 Å². The minimum Gasteiger partial charge on any atom is -0.493 e.